The second kappa shape index (κ2) is 11.2. The maximum absolute atomic E-state index is 13.4. The smallest absolute Gasteiger partial charge is 0.414 e. The van der Waals surface area contributed by atoms with Crippen molar-refractivity contribution < 1.29 is 28.9 Å². The number of benzene rings is 2. The van der Waals surface area contributed by atoms with E-state index in [4.69, 9.17) is 24.5 Å². The number of carboxylic acid groups (broad SMARTS) is 2. The van der Waals surface area contributed by atoms with Crippen molar-refractivity contribution in [3.8, 4) is 5.75 Å². The van der Waals surface area contributed by atoms with E-state index in [1.165, 1.54) is 6.07 Å². The molecular weight excluding hydrogens is 409 g/mol. The van der Waals surface area contributed by atoms with Gasteiger partial charge in [-0.05, 0) is 58.2 Å². The van der Waals surface area contributed by atoms with Crippen LogP contribution in [0.3, 0.4) is 0 Å². The molecule has 2 rings (SSSR count). The molecule has 2 aromatic rings. The van der Waals surface area contributed by atoms with Crippen molar-refractivity contribution in [3.63, 3.8) is 0 Å². The zero-order valence-corrected chi connectivity index (χ0v) is 15.6. The average Bonchev–Trinajstić information content (AvgIpc) is 2.60. The molecular formula is C18H19BrFNO5. The van der Waals surface area contributed by atoms with E-state index in [9.17, 15) is 4.39 Å². The summed E-state index contributed by atoms with van der Waals surface area (Å²) in [6.45, 7) is 1.49. The minimum Gasteiger partial charge on any atom is -0.496 e. The molecule has 140 valence electrons. The number of aliphatic carboxylic acids is 2. The molecule has 0 aliphatic rings. The summed E-state index contributed by atoms with van der Waals surface area (Å²) in [5.41, 5.74) is 1.90. The quantitative estimate of drug-likeness (QED) is 0.484. The molecule has 3 N–H and O–H groups in total. The number of carboxylic acids is 2. The Labute approximate surface area is 158 Å². The summed E-state index contributed by atoms with van der Waals surface area (Å²) in [7, 11) is 1.65. The number of carbonyl (C=O) groups is 2. The first-order chi connectivity index (χ1) is 12.3. The summed E-state index contributed by atoms with van der Waals surface area (Å²) in [5, 5.41) is 18.1. The molecule has 0 unspecified atom stereocenters. The molecule has 0 heterocycles. The van der Waals surface area contributed by atoms with Crippen LogP contribution in [0, 0.1) is 5.82 Å². The van der Waals surface area contributed by atoms with Gasteiger partial charge < -0.3 is 20.3 Å². The molecule has 0 fully saturated rings. The van der Waals surface area contributed by atoms with Gasteiger partial charge in [0.15, 0.2) is 0 Å². The lowest BCUT2D eigenvalue weighted by Crippen LogP contribution is -2.17. The van der Waals surface area contributed by atoms with Crippen LogP contribution in [0.15, 0.2) is 46.9 Å². The molecule has 8 heteroatoms. The van der Waals surface area contributed by atoms with Crippen molar-refractivity contribution in [2.45, 2.75) is 13.0 Å². The third-order valence-corrected chi connectivity index (χ3v) is 3.88. The Bertz CT molecular complexity index is 742. The van der Waals surface area contributed by atoms with Crippen LogP contribution >= 0.6 is 15.9 Å². The van der Waals surface area contributed by atoms with Gasteiger partial charge in [-0.15, -0.1) is 0 Å². The topological polar surface area (TPSA) is 95.9 Å². The summed E-state index contributed by atoms with van der Waals surface area (Å²) >= 11 is 3.46. The van der Waals surface area contributed by atoms with Gasteiger partial charge in [-0.25, -0.2) is 14.0 Å². The van der Waals surface area contributed by atoms with E-state index in [2.05, 4.69) is 21.2 Å². The molecule has 0 aliphatic carbocycles. The van der Waals surface area contributed by atoms with Gasteiger partial charge in [0.25, 0.3) is 0 Å². The van der Waals surface area contributed by atoms with Gasteiger partial charge in [-0.3, -0.25) is 0 Å². The molecule has 6 nitrogen and oxygen atoms in total. The standard InChI is InChI=1S/C16H17BrFNO.C2H2O4/c1-20-16-7-6-12(10-14(16)17)11-19-9-8-13-4-2-3-5-15(13)18;3-1(4)2(5)6/h2-7,10,19H,8-9,11H2,1H3;(H,3,4)(H,5,6). The first-order valence-corrected chi connectivity index (χ1v) is 8.37. The van der Waals surface area contributed by atoms with Gasteiger partial charge in [0, 0.05) is 6.54 Å². The Balaban J connectivity index is 0.000000487. The normalized spacial score (nSPS) is 9.81. The van der Waals surface area contributed by atoms with Crippen molar-refractivity contribution in [2.24, 2.45) is 0 Å². The van der Waals surface area contributed by atoms with Crippen LogP contribution in [-0.2, 0) is 22.6 Å². The van der Waals surface area contributed by atoms with E-state index < -0.39 is 11.9 Å². The van der Waals surface area contributed by atoms with Crippen LogP contribution in [0.2, 0.25) is 0 Å². The Kier molecular flexibility index (Phi) is 9.32. The van der Waals surface area contributed by atoms with Crippen LogP contribution in [-0.4, -0.2) is 35.8 Å². The van der Waals surface area contributed by atoms with E-state index in [0.29, 0.717) is 6.42 Å². The zero-order chi connectivity index (χ0) is 19.5. The highest BCUT2D eigenvalue weighted by atomic mass is 79.9. The van der Waals surface area contributed by atoms with E-state index in [-0.39, 0.29) is 5.82 Å². The van der Waals surface area contributed by atoms with Gasteiger partial charge in [-0.1, -0.05) is 24.3 Å². The molecule has 26 heavy (non-hydrogen) atoms. The van der Waals surface area contributed by atoms with Crippen LogP contribution in [0.1, 0.15) is 11.1 Å². The Hall–Kier alpha value is -2.45. The van der Waals surface area contributed by atoms with Crippen LogP contribution in [0.25, 0.3) is 0 Å². The number of nitrogens with one attached hydrogen (secondary N) is 1. The summed E-state index contributed by atoms with van der Waals surface area (Å²) < 4.78 is 19.6. The zero-order valence-electron chi connectivity index (χ0n) is 14.0. The fourth-order valence-electron chi connectivity index (χ4n) is 1.98. The lowest BCUT2D eigenvalue weighted by Gasteiger charge is -2.08. The highest BCUT2D eigenvalue weighted by Gasteiger charge is 2.04. The second-order valence-corrected chi connectivity index (χ2v) is 5.95. The van der Waals surface area contributed by atoms with Crippen molar-refractivity contribution >= 4 is 27.9 Å². The Morgan fingerprint density at radius 1 is 1.15 bits per heavy atom. The number of hydrogen-bond donors (Lipinski definition) is 3. The molecule has 0 aliphatic heterocycles. The number of ether oxygens (including phenoxy) is 1. The minimum absolute atomic E-state index is 0.138. The van der Waals surface area contributed by atoms with E-state index >= 15 is 0 Å². The lowest BCUT2D eigenvalue weighted by atomic mass is 10.1. The fourth-order valence-corrected chi connectivity index (χ4v) is 2.56. The molecule has 2 aromatic carbocycles. The lowest BCUT2D eigenvalue weighted by molar-refractivity contribution is -0.159. The van der Waals surface area contributed by atoms with Crippen molar-refractivity contribution in [2.75, 3.05) is 13.7 Å². The highest BCUT2D eigenvalue weighted by Crippen LogP contribution is 2.25. The first-order valence-electron chi connectivity index (χ1n) is 7.58. The van der Waals surface area contributed by atoms with Crippen molar-refractivity contribution in [1.29, 1.82) is 0 Å². The molecule has 0 radical (unpaired) electrons. The third-order valence-electron chi connectivity index (χ3n) is 3.26. The largest absolute Gasteiger partial charge is 0.496 e. The fraction of sp³-hybridized carbons (Fsp3) is 0.222. The van der Waals surface area contributed by atoms with Gasteiger partial charge in [0.1, 0.15) is 11.6 Å². The second-order valence-electron chi connectivity index (χ2n) is 5.10. The third kappa shape index (κ3) is 7.62. The van der Waals surface area contributed by atoms with Gasteiger partial charge in [0.2, 0.25) is 0 Å². The summed E-state index contributed by atoms with van der Waals surface area (Å²) in [6.07, 6.45) is 0.685. The van der Waals surface area contributed by atoms with Gasteiger partial charge >= 0.3 is 11.9 Å². The number of hydrogen-bond acceptors (Lipinski definition) is 4. The van der Waals surface area contributed by atoms with E-state index in [0.717, 1.165) is 34.4 Å². The van der Waals surface area contributed by atoms with Gasteiger partial charge in [-0.2, -0.15) is 0 Å². The summed E-state index contributed by atoms with van der Waals surface area (Å²) in [6, 6.07) is 12.9. The Morgan fingerprint density at radius 2 is 1.81 bits per heavy atom. The summed E-state index contributed by atoms with van der Waals surface area (Å²) in [5.74, 6) is -2.97. The molecule has 0 saturated heterocycles. The molecule has 0 saturated carbocycles. The van der Waals surface area contributed by atoms with E-state index in [1.807, 2.05) is 30.3 Å². The van der Waals surface area contributed by atoms with Crippen molar-refractivity contribution in [1.82, 2.24) is 5.32 Å². The predicted octanol–water partition coefficient (Wildman–Crippen LogP) is 3.08. The predicted molar refractivity (Wildman–Crippen MR) is 97.8 cm³/mol. The summed E-state index contributed by atoms with van der Waals surface area (Å²) in [4.78, 5) is 18.2. The molecule has 0 aromatic heterocycles. The SMILES string of the molecule is COc1ccc(CNCCc2ccccc2F)cc1Br.O=C(O)C(=O)O. The minimum atomic E-state index is -1.82. The maximum Gasteiger partial charge on any atom is 0.414 e. The number of methoxy groups -OCH3 is 1. The highest BCUT2D eigenvalue weighted by molar-refractivity contribution is 9.10. The number of rotatable bonds is 6. The molecule has 0 bridgehead atoms. The van der Waals surface area contributed by atoms with Crippen LogP contribution in [0.4, 0.5) is 4.39 Å². The number of halogens is 2. The van der Waals surface area contributed by atoms with Crippen LogP contribution < -0.4 is 10.1 Å². The van der Waals surface area contributed by atoms with Crippen molar-refractivity contribution in [3.05, 3.63) is 63.9 Å². The molecule has 0 atom stereocenters. The molecule has 0 spiro atoms. The van der Waals surface area contributed by atoms with Gasteiger partial charge in [0.05, 0.1) is 11.6 Å². The first kappa shape index (κ1) is 21.6. The van der Waals surface area contributed by atoms with Crippen LogP contribution in [0.5, 0.6) is 5.75 Å². The van der Waals surface area contributed by atoms with E-state index in [1.54, 1.807) is 13.2 Å². The Morgan fingerprint density at radius 3 is 2.35 bits per heavy atom. The maximum atomic E-state index is 13.4. The monoisotopic (exact) mass is 427 g/mol. The average molecular weight is 428 g/mol. The molecule has 0 amide bonds.